The van der Waals surface area contributed by atoms with E-state index in [0.29, 0.717) is 24.6 Å². The van der Waals surface area contributed by atoms with E-state index in [1.54, 1.807) is 12.1 Å². The van der Waals surface area contributed by atoms with E-state index in [9.17, 15) is 4.79 Å². The van der Waals surface area contributed by atoms with Crippen molar-refractivity contribution in [1.29, 1.82) is 0 Å². The van der Waals surface area contributed by atoms with Crippen molar-refractivity contribution in [3.8, 4) is 11.4 Å². The van der Waals surface area contributed by atoms with Crippen LogP contribution in [-0.4, -0.2) is 16.1 Å². The van der Waals surface area contributed by atoms with Crippen LogP contribution in [0.25, 0.3) is 11.4 Å². The number of rotatable bonds is 4. The van der Waals surface area contributed by atoms with Gasteiger partial charge in [-0.05, 0) is 35.7 Å². The van der Waals surface area contributed by atoms with Crippen molar-refractivity contribution >= 4 is 5.97 Å². The molecule has 1 aliphatic rings. The number of carbonyl (C=O) groups is 1. The van der Waals surface area contributed by atoms with Crippen LogP contribution in [0.4, 0.5) is 0 Å². The van der Waals surface area contributed by atoms with Crippen LogP contribution in [0.2, 0.25) is 0 Å². The van der Waals surface area contributed by atoms with E-state index < -0.39 is 5.97 Å². The second-order valence-electron chi connectivity index (χ2n) is 5.88. The summed E-state index contributed by atoms with van der Waals surface area (Å²) in [6, 6.07) is 13.2. The number of esters is 1. The molecule has 6 nitrogen and oxygen atoms in total. The number of ether oxygens (including phenoxy) is 2. The highest BCUT2D eigenvalue weighted by atomic mass is 16.6. The van der Waals surface area contributed by atoms with E-state index >= 15 is 0 Å². The lowest BCUT2D eigenvalue weighted by molar-refractivity contribution is 0.0429. The third-order valence-corrected chi connectivity index (χ3v) is 4.14. The quantitative estimate of drug-likeness (QED) is 0.680. The Morgan fingerprint density at radius 1 is 1.16 bits per heavy atom. The molecule has 0 aliphatic carbocycles. The summed E-state index contributed by atoms with van der Waals surface area (Å²) in [6.45, 7) is 3.03. The predicted octanol–water partition coefficient (Wildman–Crippen LogP) is 3.43. The molecule has 2 heterocycles. The monoisotopic (exact) mass is 336 g/mol. The van der Waals surface area contributed by atoms with Crippen molar-refractivity contribution in [2.45, 2.75) is 26.7 Å². The minimum atomic E-state index is -0.426. The zero-order chi connectivity index (χ0) is 17.2. The minimum absolute atomic E-state index is 0.0642. The summed E-state index contributed by atoms with van der Waals surface area (Å²) in [5, 5.41) is 3.95. The molecule has 6 heteroatoms. The normalized spacial score (nSPS) is 12.8. The van der Waals surface area contributed by atoms with Crippen molar-refractivity contribution in [3.05, 3.63) is 70.6 Å². The molecule has 4 rings (SSSR count). The van der Waals surface area contributed by atoms with Gasteiger partial charge in [0.05, 0.1) is 18.8 Å². The third kappa shape index (κ3) is 3.16. The first-order chi connectivity index (χ1) is 12.2. The van der Waals surface area contributed by atoms with Gasteiger partial charge in [-0.15, -0.1) is 0 Å². The molecule has 0 spiro atoms. The summed E-state index contributed by atoms with van der Waals surface area (Å²) in [5.41, 5.74) is 4.56. The average Bonchev–Trinajstić information content (AvgIpc) is 3.28. The second-order valence-corrected chi connectivity index (χ2v) is 5.88. The van der Waals surface area contributed by atoms with Gasteiger partial charge in [-0.25, -0.2) is 4.79 Å². The maximum atomic E-state index is 12.2. The van der Waals surface area contributed by atoms with E-state index in [0.717, 1.165) is 22.3 Å². The van der Waals surface area contributed by atoms with Crippen molar-refractivity contribution in [2.24, 2.45) is 0 Å². The molecule has 0 saturated heterocycles. The highest BCUT2D eigenvalue weighted by Gasteiger charge is 2.17. The zero-order valence-electron chi connectivity index (χ0n) is 13.7. The molecule has 0 radical (unpaired) electrons. The summed E-state index contributed by atoms with van der Waals surface area (Å²) in [7, 11) is 0. The van der Waals surface area contributed by atoms with E-state index in [1.807, 2.05) is 37.3 Å². The van der Waals surface area contributed by atoms with Crippen LogP contribution >= 0.6 is 0 Å². The second kappa shape index (κ2) is 6.49. The first-order valence-electron chi connectivity index (χ1n) is 7.96. The van der Waals surface area contributed by atoms with Crippen molar-refractivity contribution in [3.63, 3.8) is 0 Å². The van der Waals surface area contributed by atoms with Gasteiger partial charge in [-0.1, -0.05) is 35.5 Å². The number of hydrogen-bond acceptors (Lipinski definition) is 6. The molecule has 0 fully saturated rings. The molecular weight excluding hydrogens is 320 g/mol. The lowest BCUT2D eigenvalue weighted by Crippen LogP contribution is -2.06. The smallest absolute Gasteiger partial charge is 0.338 e. The predicted molar refractivity (Wildman–Crippen MR) is 88.5 cm³/mol. The first-order valence-corrected chi connectivity index (χ1v) is 7.96. The fourth-order valence-corrected chi connectivity index (χ4v) is 2.76. The number of aryl methyl sites for hydroxylation is 1. The Bertz CT molecular complexity index is 933. The highest BCUT2D eigenvalue weighted by Crippen LogP contribution is 2.22. The van der Waals surface area contributed by atoms with Crippen LogP contribution in [0, 0.1) is 6.92 Å². The largest absolute Gasteiger partial charge is 0.452 e. The fourth-order valence-electron chi connectivity index (χ4n) is 2.76. The molecule has 3 aromatic rings. The zero-order valence-corrected chi connectivity index (χ0v) is 13.7. The lowest BCUT2D eigenvalue weighted by atomic mass is 10.1. The van der Waals surface area contributed by atoms with Gasteiger partial charge in [0.1, 0.15) is 0 Å². The van der Waals surface area contributed by atoms with Gasteiger partial charge < -0.3 is 14.0 Å². The van der Waals surface area contributed by atoms with Crippen LogP contribution in [0.3, 0.4) is 0 Å². The number of hydrogen-bond donors (Lipinski definition) is 0. The number of benzene rings is 2. The summed E-state index contributed by atoms with van der Waals surface area (Å²) in [4.78, 5) is 16.5. The van der Waals surface area contributed by atoms with Crippen LogP contribution in [-0.2, 0) is 29.3 Å². The van der Waals surface area contributed by atoms with Gasteiger partial charge in [-0.3, -0.25) is 0 Å². The summed E-state index contributed by atoms with van der Waals surface area (Å²) in [6.07, 6.45) is 0. The maximum absolute atomic E-state index is 12.2. The molecule has 0 unspecified atom stereocenters. The topological polar surface area (TPSA) is 74.5 Å². The highest BCUT2D eigenvalue weighted by molar-refractivity contribution is 5.89. The molecular formula is C19H16N2O4. The number of aromatic nitrogens is 2. The third-order valence-electron chi connectivity index (χ3n) is 4.14. The number of fused-ring (bicyclic) bond motifs is 1. The van der Waals surface area contributed by atoms with E-state index in [1.165, 1.54) is 0 Å². The minimum Gasteiger partial charge on any atom is -0.452 e. The Balaban J connectivity index is 1.43. The van der Waals surface area contributed by atoms with Crippen LogP contribution in [0.1, 0.15) is 32.9 Å². The van der Waals surface area contributed by atoms with Gasteiger partial charge >= 0.3 is 5.97 Å². The number of carbonyl (C=O) groups excluding carboxylic acids is 1. The molecule has 25 heavy (non-hydrogen) atoms. The molecule has 1 aromatic heterocycles. The van der Waals surface area contributed by atoms with E-state index in [4.69, 9.17) is 14.0 Å². The molecule has 0 N–H and O–H groups in total. The Labute approximate surface area is 144 Å². The van der Waals surface area contributed by atoms with Gasteiger partial charge in [0.15, 0.2) is 6.61 Å². The van der Waals surface area contributed by atoms with Gasteiger partial charge in [0.25, 0.3) is 5.89 Å². The Morgan fingerprint density at radius 3 is 2.88 bits per heavy atom. The Kier molecular flexibility index (Phi) is 4.03. The SMILES string of the molecule is Cc1ccccc1-c1noc(COC(=O)c2ccc3c(c2)COC3)n1. The molecule has 0 saturated carbocycles. The summed E-state index contributed by atoms with van der Waals surface area (Å²) >= 11 is 0. The maximum Gasteiger partial charge on any atom is 0.338 e. The summed E-state index contributed by atoms with van der Waals surface area (Å²) < 4.78 is 15.8. The Hall–Kier alpha value is -2.99. The number of nitrogens with zero attached hydrogens (tertiary/aromatic N) is 2. The molecule has 0 bridgehead atoms. The van der Waals surface area contributed by atoms with Gasteiger partial charge in [0.2, 0.25) is 5.82 Å². The van der Waals surface area contributed by atoms with E-state index in [2.05, 4.69) is 10.1 Å². The van der Waals surface area contributed by atoms with Crippen LogP contribution < -0.4 is 0 Å². The van der Waals surface area contributed by atoms with E-state index in [-0.39, 0.29) is 12.5 Å². The lowest BCUT2D eigenvalue weighted by Gasteiger charge is -2.03. The van der Waals surface area contributed by atoms with Crippen molar-refractivity contribution in [1.82, 2.24) is 10.1 Å². The van der Waals surface area contributed by atoms with Gasteiger partial charge in [0, 0.05) is 5.56 Å². The molecule has 126 valence electrons. The molecule has 0 amide bonds. The first kappa shape index (κ1) is 15.5. The van der Waals surface area contributed by atoms with Crippen molar-refractivity contribution in [2.75, 3.05) is 0 Å². The standard InChI is InChI=1S/C19H16N2O4/c1-12-4-2-3-5-16(12)18-20-17(25-21-18)11-24-19(22)13-6-7-14-9-23-10-15(14)8-13/h2-8H,9-11H2,1H3. The van der Waals surface area contributed by atoms with Gasteiger partial charge in [-0.2, -0.15) is 4.98 Å². The Morgan fingerprint density at radius 2 is 2.00 bits per heavy atom. The fraction of sp³-hybridized carbons (Fsp3) is 0.211. The molecule has 2 aromatic carbocycles. The molecule has 1 aliphatic heterocycles. The van der Waals surface area contributed by atoms with Crippen LogP contribution in [0.15, 0.2) is 47.0 Å². The van der Waals surface area contributed by atoms with Crippen LogP contribution in [0.5, 0.6) is 0 Å². The van der Waals surface area contributed by atoms with Crippen molar-refractivity contribution < 1.29 is 18.8 Å². The molecule has 0 atom stereocenters. The average molecular weight is 336 g/mol. The summed E-state index contributed by atoms with van der Waals surface area (Å²) in [5.74, 6) is 0.320.